The van der Waals surface area contributed by atoms with Crippen LogP contribution < -0.4 is 0 Å². The van der Waals surface area contributed by atoms with Crippen LogP contribution in [-0.4, -0.2) is 234 Å². The van der Waals surface area contributed by atoms with Crippen molar-refractivity contribution >= 4 is 122 Å². The largest absolute Gasteiger partial charge is 0.437 e. The van der Waals surface area contributed by atoms with Crippen molar-refractivity contribution < 1.29 is 84.1 Å². The molecule has 9 unspecified atom stereocenters. The summed E-state index contributed by atoms with van der Waals surface area (Å²) < 4.78 is 126. The Balaban J connectivity index is 0. The predicted molar refractivity (Wildman–Crippen MR) is 346 cm³/mol. The average Bonchev–Trinajstić information content (AvgIpc) is 3.71. The molecule has 0 aromatic carbocycles. The van der Waals surface area contributed by atoms with Gasteiger partial charge in [0.15, 0.2) is 70.0 Å². The lowest BCUT2D eigenvalue weighted by atomic mass is 10.2. The molecule has 0 spiro atoms. The van der Waals surface area contributed by atoms with Gasteiger partial charge in [-0.05, 0) is 126 Å². The van der Waals surface area contributed by atoms with E-state index in [9.17, 15) is 0 Å². The molecule has 76 heavy (non-hydrogen) atoms. The van der Waals surface area contributed by atoms with E-state index in [2.05, 4.69) is 51.7 Å². The topological polar surface area (TPSA) is 298 Å². The van der Waals surface area contributed by atoms with Gasteiger partial charge in [-0.15, -0.1) is 0 Å². The van der Waals surface area contributed by atoms with E-state index in [-0.39, 0.29) is 0 Å². The fourth-order valence-electron chi connectivity index (χ4n) is 10.2. The molecule has 12 N–H and O–H groups in total. The Morgan fingerprint density at radius 1 is 0.382 bits per heavy atom. The molecule has 0 bridgehead atoms. The fourth-order valence-corrected chi connectivity index (χ4v) is 43.5. The lowest BCUT2D eigenvalue weighted by Crippen LogP contribution is -2.46. The molecule has 0 radical (unpaired) electrons. The Bertz CT molecular complexity index is 1630. The second kappa shape index (κ2) is 39.8. The molecule has 18 nitrogen and oxygen atoms in total. The minimum atomic E-state index is -2.77. The Hall–Kier alpha value is 2.32. The summed E-state index contributed by atoms with van der Waals surface area (Å²) in [5, 5.41) is 4.69. The molecular formula is C44H120O18Si14. The SMILES string of the molecule is [3H]OC[SiH](C)O[Si](C)(CCCC(CC)[Si](C)(CCC[Si](C)(OC[SiH](C)O[3H])OC[SiH](C)O[3H])CCC[Si](C)(OC[SiH](C)O[3H])OC[SiH](C)O[3H])OC[SiH](C)O[3H].[3H]O[Si](C)(CCCC(CC)[Si](C)(CCC[Si](C)(O[3H])O[3H])CCC[Si](C)(O[3H])O[3H])O[3H]. The molecule has 0 fully saturated rings. The fraction of sp³-hybridized carbons (Fsp3) is 1.00. The summed E-state index contributed by atoms with van der Waals surface area (Å²) >= 11 is 0. The summed E-state index contributed by atoms with van der Waals surface area (Å²) in [5.74, 6) is 0. The van der Waals surface area contributed by atoms with Crippen LogP contribution >= 0.6 is 0 Å². The van der Waals surface area contributed by atoms with Crippen molar-refractivity contribution in [3.8, 4) is 0 Å². The van der Waals surface area contributed by atoms with Crippen LogP contribution in [0, 0.1) is 0 Å². The van der Waals surface area contributed by atoms with Gasteiger partial charge in [-0.3, -0.25) is 0 Å². The summed E-state index contributed by atoms with van der Waals surface area (Å²) in [6, 6.07) is 8.38. The van der Waals surface area contributed by atoms with Crippen molar-refractivity contribution in [3.63, 3.8) is 0 Å². The molecule has 9 atom stereocenters. The zero-order valence-corrected chi connectivity index (χ0v) is 65.3. The van der Waals surface area contributed by atoms with Crippen LogP contribution in [0.25, 0.3) is 0 Å². The highest BCUT2D eigenvalue weighted by Crippen LogP contribution is 2.42. The van der Waals surface area contributed by atoms with Crippen molar-refractivity contribution in [1.82, 2.24) is 0 Å². The molecule has 0 rings (SSSR count). The Kier molecular flexibility index (Phi) is 31.5. The van der Waals surface area contributed by atoms with E-state index in [4.69, 9.17) is 96.2 Å². The van der Waals surface area contributed by atoms with E-state index in [1.54, 1.807) is 19.6 Å². The maximum atomic E-state index is 7.37. The summed E-state index contributed by atoms with van der Waals surface area (Å²) in [5.41, 5.74) is 1.03. The molecule has 0 aliphatic carbocycles. The maximum Gasteiger partial charge on any atom is 0.334 e. The van der Waals surface area contributed by atoms with Crippen LogP contribution in [0.2, 0.25) is 163 Å². The molecule has 0 saturated carbocycles. The van der Waals surface area contributed by atoms with Crippen LogP contribution in [0.3, 0.4) is 0 Å². The maximum absolute atomic E-state index is 7.37. The molecule has 0 saturated heterocycles. The predicted octanol–water partition coefficient (Wildman–Crippen LogP) is 4.61. The van der Waals surface area contributed by atoms with Gasteiger partial charge in [-0.25, -0.2) is 0 Å². The number of aliphatic hydroxyl groups is 1. The van der Waals surface area contributed by atoms with Crippen molar-refractivity contribution in [1.29, 1.82) is 17.2 Å². The van der Waals surface area contributed by atoms with Gasteiger partial charge in [0.25, 0.3) is 0 Å². The van der Waals surface area contributed by atoms with Crippen molar-refractivity contribution in [2.45, 2.75) is 241 Å². The zero-order valence-electron chi connectivity index (χ0n) is 62.4. The van der Waals surface area contributed by atoms with Gasteiger partial charge in [-0.1, -0.05) is 115 Å². The molecule has 0 heterocycles. The molecule has 32 heteroatoms. The first kappa shape index (κ1) is 60.0. The van der Waals surface area contributed by atoms with E-state index < -0.39 is 122 Å². The summed E-state index contributed by atoms with van der Waals surface area (Å²) in [6.07, 6.45) is 11.8. The first-order chi connectivity index (χ1) is 41.3. The van der Waals surface area contributed by atoms with Crippen LogP contribution in [-0.2, 0) is 26.2 Å². The Morgan fingerprint density at radius 3 is 0.947 bits per heavy atom. The summed E-state index contributed by atoms with van der Waals surface area (Å²) in [4.78, 5) is 52.7. The monoisotopic (exact) mass is 1350 g/mol. The molecule has 0 aromatic heterocycles. The van der Waals surface area contributed by atoms with Gasteiger partial charge in [-0.2, -0.15) is 0 Å². The van der Waals surface area contributed by atoms with Crippen LogP contribution in [0.5, 0.6) is 0 Å². The molecule has 0 aromatic rings. The minimum Gasteiger partial charge on any atom is -0.437 e. The zero-order chi connectivity index (χ0) is 67.7. The van der Waals surface area contributed by atoms with Gasteiger partial charge in [0, 0.05) is 0 Å². The smallest absolute Gasteiger partial charge is 0.334 e. The second-order valence-electron chi connectivity index (χ2n) is 24.2. The van der Waals surface area contributed by atoms with Gasteiger partial charge in [0.05, 0.1) is 53.5 Å². The van der Waals surface area contributed by atoms with E-state index in [0.717, 1.165) is 107 Å². The minimum absolute atomic E-state index is 0.296. The molecular weight excluding hydrogens is 1210 g/mol. The molecule has 460 valence electrons. The normalized spacial score (nSPS) is 21.5. The van der Waals surface area contributed by atoms with Gasteiger partial charge >= 0.3 is 51.4 Å². The van der Waals surface area contributed by atoms with Crippen molar-refractivity contribution in [3.05, 3.63) is 0 Å². The molecule has 0 aliphatic rings. The number of hydrogen-bond acceptors (Lipinski definition) is 18. The van der Waals surface area contributed by atoms with Gasteiger partial charge in [0.2, 0.25) is 1.43 Å². The van der Waals surface area contributed by atoms with E-state index in [0.29, 0.717) is 66.6 Å². The quantitative estimate of drug-likeness (QED) is 0.0370. The standard InChI is InChI=1S/C28H78O12Si10.C16H42O6Si4/c1-12-28(16-13-19-50(11,39-27-45(6)34)40-46(7)22-29)47(8,17-14-20-48(9,35-23-41(2)30)36-24-42(3)31)18-15-21-49(10,37-25-43(4)32)38-26-44(5)33;1-6-16(10-7-13-24(3,17)18)23(2,11-8-14-25(4,19)20)12-9-15-26(5,21)22/h28-34,41-46H,12-27H2,1-11H3;16-22H,6-15H2,1-5H3/i29T,30T,31T,32T,33T,34T;17T,18T,19T,20T,21T,22T. The second-order valence-corrected chi connectivity index (χ2v) is 65.2. The first-order valence-electron chi connectivity index (χ1n) is 33.6. The van der Waals surface area contributed by atoms with E-state index >= 15 is 0 Å². The third-order valence-electron chi connectivity index (χ3n) is 14.6. The van der Waals surface area contributed by atoms with E-state index in [1.165, 1.54) is 0 Å². The highest BCUT2D eigenvalue weighted by Gasteiger charge is 2.42. The summed E-state index contributed by atoms with van der Waals surface area (Å²) in [6.45, 7) is 32.6. The highest BCUT2D eigenvalue weighted by atomic mass is 28.4. The van der Waals surface area contributed by atoms with Crippen molar-refractivity contribution in [2.24, 2.45) is 0 Å². The van der Waals surface area contributed by atoms with Gasteiger partial charge in [0.1, 0.15) is 0 Å². The van der Waals surface area contributed by atoms with Crippen LogP contribution in [0.15, 0.2) is 0 Å². The highest BCUT2D eigenvalue weighted by molar-refractivity contribution is 6.81. The first-order valence-corrected chi connectivity index (χ1v) is 64.4. The Labute approximate surface area is 499 Å². The van der Waals surface area contributed by atoms with Crippen LogP contribution in [0.1, 0.15) is 78.1 Å². The number of hydrogen-bond donors (Lipinski definition) is 12. The molecule has 0 aliphatic heterocycles. The van der Waals surface area contributed by atoms with Crippen molar-refractivity contribution in [2.75, 3.05) is 37.4 Å². The van der Waals surface area contributed by atoms with Crippen LogP contribution in [0.4, 0.5) is 0 Å². The summed E-state index contributed by atoms with van der Waals surface area (Å²) in [7, 11) is -30.7. The third kappa shape index (κ3) is 42.2. The van der Waals surface area contributed by atoms with Gasteiger partial charge < -0.3 is 84.1 Å². The number of aliphatic hydroxyl groups excluding tert-OH is 1. The third-order valence-corrected chi connectivity index (χ3v) is 46.3. The lowest BCUT2D eigenvalue weighted by Gasteiger charge is -2.39. The lowest BCUT2D eigenvalue weighted by molar-refractivity contribution is 0.211. The number of rotatable bonds is 58. The Morgan fingerprint density at radius 2 is 0.658 bits per heavy atom. The molecule has 0 amide bonds. The van der Waals surface area contributed by atoms with E-state index in [1.807, 2.05) is 39.3 Å². The average molecular weight is 1350 g/mol.